The third-order valence-electron chi connectivity index (χ3n) is 3.39. The van der Waals surface area contributed by atoms with Gasteiger partial charge in [-0.05, 0) is 20.8 Å². The van der Waals surface area contributed by atoms with Crippen molar-refractivity contribution in [2.45, 2.75) is 57.3 Å². The summed E-state index contributed by atoms with van der Waals surface area (Å²) in [6, 6.07) is 0. The fourth-order valence-electron chi connectivity index (χ4n) is 2.55. The van der Waals surface area contributed by atoms with Crippen LogP contribution in [0.15, 0.2) is 12.2 Å². The molecule has 0 aromatic carbocycles. The van der Waals surface area contributed by atoms with Crippen molar-refractivity contribution >= 4 is 11.9 Å². The van der Waals surface area contributed by atoms with Crippen molar-refractivity contribution in [2.75, 3.05) is 0 Å². The first-order valence-electron chi connectivity index (χ1n) is 6.36. The Morgan fingerprint density at radius 2 is 1.95 bits per heavy atom. The van der Waals surface area contributed by atoms with E-state index in [4.69, 9.17) is 23.7 Å². The molecule has 0 N–H and O–H groups in total. The van der Waals surface area contributed by atoms with Crippen LogP contribution in [0.2, 0.25) is 0 Å². The van der Waals surface area contributed by atoms with E-state index in [0.29, 0.717) is 0 Å². The molecule has 20 heavy (non-hydrogen) atoms. The van der Waals surface area contributed by atoms with Gasteiger partial charge in [0, 0.05) is 5.57 Å². The standard InChI is InChI=1S/C13H16O7/c1-5(2)10(14)17-8-6-7(16-11(8)15)9-12(18-6)20-13(3,4)19-9/h6-9,12H,1H2,2-4H3. The molecule has 5 atom stereocenters. The average molecular weight is 284 g/mol. The van der Waals surface area contributed by atoms with Gasteiger partial charge in [-0.25, -0.2) is 9.59 Å². The smallest absolute Gasteiger partial charge is 0.350 e. The molecule has 0 aromatic rings. The van der Waals surface area contributed by atoms with E-state index in [1.807, 2.05) is 0 Å². The number of carbonyl (C=O) groups is 2. The molecule has 5 unspecified atom stereocenters. The molecule has 3 saturated heterocycles. The van der Waals surface area contributed by atoms with Crippen molar-refractivity contribution in [3.63, 3.8) is 0 Å². The minimum atomic E-state index is -1.11. The first-order valence-corrected chi connectivity index (χ1v) is 6.36. The zero-order valence-electron chi connectivity index (χ0n) is 11.5. The molecule has 3 rings (SSSR count). The Morgan fingerprint density at radius 3 is 2.60 bits per heavy atom. The van der Waals surface area contributed by atoms with Crippen molar-refractivity contribution < 1.29 is 33.3 Å². The van der Waals surface area contributed by atoms with Gasteiger partial charge in [0.25, 0.3) is 0 Å². The number of hydrogen-bond acceptors (Lipinski definition) is 7. The summed E-state index contributed by atoms with van der Waals surface area (Å²) in [6.45, 7) is 8.46. The number of rotatable bonds is 2. The van der Waals surface area contributed by atoms with Gasteiger partial charge >= 0.3 is 11.9 Å². The lowest BCUT2D eigenvalue weighted by molar-refractivity contribution is -0.216. The zero-order chi connectivity index (χ0) is 14.7. The average Bonchev–Trinajstić information content (AvgIpc) is 2.88. The van der Waals surface area contributed by atoms with Crippen LogP contribution in [0.4, 0.5) is 0 Å². The van der Waals surface area contributed by atoms with Crippen LogP contribution < -0.4 is 0 Å². The Kier molecular flexibility index (Phi) is 2.89. The molecule has 3 heterocycles. The predicted molar refractivity (Wildman–Crippen MR) is 63.3 cm³/mol. The van der Waals surface area contributed by atoms with Gasteiger partial charge in [0.2, 0.25) is 6.10 Å². The lowest BCUT2D eigenvalue weighted by Gasteiger charge is -2.21. The minimum absolute atomic E-state index is 0.202. The molecule has 0 bridgehead atoms. The highest BCUT2D eigenvalue weighted by Gasteiger charge is 2.64. The van der Waals surface area contributed by atoms with Crippen LogP contribution >= 0.6 is 0 Å². The minimum Gasteiger partial charge on any atom is -0.454 e. The van der Waals surface area contributed by atoms with Crippen LogP contribution in [-0.2, 0) is 33.3 Å². The fourth-order valence-corrected chi connectivity index (χ4v) is 2.55. The largest absolute Gasteiger partial charge is 0.454 e. The maximum atomic E-state index is 11.8. The number of fused-ring (bicyclic) bond motifs is 3. The van der Waals surface area contributed by atoms with Crippen molar-refractivity contribution in [3.05, 3.63) is 12.2 Å². The summed E-state index contributed by atoms with van der Waals surface area (Å²) in [5.74, 6) is -2.09. The molecule has 0 aliphatic carbocycles. The van der Waals surface area contributed by atoms with Gasteiger partial charge < -0.3 is 23.7 Å². The maximum absolute atomic E-state index is 11.8. The summed E-state index contributed by atoms with van der Waals surface area (Å²) in [5.41, 5.74) is 0.202. The molecular formula is C13H16O7. The van der Waals surface area contributed by atoms with E-state index in [1.165, 1.54) is 6.92 Å². The van der Waals surface area contributed by atoms with Crippen LogP contribution in [-0.4, -0.2) is 48.4 Å². The second kappa shape index (κ2) is 4.28. The predicted octanol–water partition coefficient (Wildman–Crippen LogP) is 0.276. The molecule has 110 valence electrons. The van der Waals surface area contributed by atoms with Gasteiger partial charge in [-0.1, -0.05) is 6.58 Å². The topological polar surface area (TPSA) is 80.3 Å². The first-order chi connectivity index (χ1) is 9.28. The van der Waals surface area contributed by atoms with Gasteiger partial charge in [0.1, 0.15) is 6.10 Å². The van der Waals surface area contributed by atoms with E-state index < -0.39 is 48.4 Å². The lowest BCUT2D eigenvalue weighted by atomic mass is 10.1. The van der Waals surface area contributed by atoms with Crippen LogP contribution in [0.1, 0.15) is 20.8 Å². The molecule has 0 saturated carbocycles. The third kappa shape index (κ3) is 2.02. The second-order valence-corrected chi connectivity index (χ2v) is 5.58. The van der Waals surface area contributed by atoms with Crippen LogP contribution in [0, 0.1) is 0 Å². The molecule has 3 fully saturated rings. The molecular weight excluding hydrogens is 268 g/mol. The highest BCUT2D eigenvalue weighted by Crippen LogP contribution is 2.42. The van der Waals surface area contributed by atoms with Crippen LogP contribution in [0.5, 0.6) is 0 Å². The summed E-state index contributed by atoms with van der Waals surface area (Å²) in [7, 11) is 0. The van der Waals surface area contributed by atoms with Crippen LogP contribution in [0.25, 0.3) is 0 Å². The number of ether oxygens (including phenoxy) is 5. The Balaban J connectivity index is 1.74. The van der Waals surface area contributed by atoms with Gasteiger partial charge in [-0.15, -0.1) is 0 Å². The summed E-state index contributed by atoms with van der Waals surface area (Å²) < 4.78 is 27.1. The van der Waals surface area contributed by atoms with Gasteiger partial charge in [0.15, 0.2) is 24.3 Å². The molecule has 0 aromatic heterocycles. The van der Waals surface area contributed by atoms with Crippen molar-refractivity contribution in [3.8, 4) is 0 Å². The molecule has 0 amide bonds. The van der Waals surface area contributed by atoms with Gasteiger partial charge in [-0.3, -0.25) is 0 Å². The number of hydrogen-bond donors (Lipinski definition) is 0. The fraction of sp³-hybridized carbons (Fsp3) is 0.692. The monoisotopic (exact) mass is 284 g/mol. The summed E-state index contributed by atoms with van der Waals surface area (Å²) >= 11 is 0. The van der Waals surface area contributed by atoms with Crippen molar-refractivity contribution in [2.24, 2.45) is 0 Å². The van der Waals surface area contributed by atoms with E-state index >= 15 is 0 Å². The van der Waals surface area contributed by atoms with E-state index in [9.17, 15) is 9.59 Å². The van der Waals surface area contributed by atoms with Crippen LogP contribution in [0.3, 0.4) is 0 Å². The highest BCUT2D eigenvalue weighted by atomic mass is 16.8. The summed E-state index contributed by atoms with van der Waals surface area (Å²) in [4.78, 5) is 23.3. The van der Waals surface area contributed by atoms with Crippen molar-refractivity contribution in [1.29, 1.82) is 0 Å². The van der Waals surface area contributed by atoms with Crippen molar-refractivity contribution in [1.82, 2.24) is 0 Å². The quantitative estimate of drug-likeness (QED) is 0.532. The zero-order valence-corrected chi connectivity index (χ0v) is 11.5. The normalized spacial score (nSPS) is 41.0. The first kappa shape index (κ1) is 13.5. The second-order valence-electron chi connectivity index (χ2n) is 5.58. The molecule has 3 aliphatic heterocycles. The molecule has 3 aliphatic rings. The molecule has 0 spiro atoms. The summed E-state index contributed by atoms with van der Waals surface area (Å²) in [6.07, 6.45) is -3.58. The van der Waals surface area contributed by atoms with Gasteiger partial charge in [-0.2, -0.15) is 0 Å². The highest BCUT2D eigenvalue weighted by molar-refractivity contribution is 5.90. The van der Waals surface area contributed by atoms with Gasteiger partial charge in [0.05, 0.1) is 0 Å². The molecule has 0 radical (unpaired) electrons. The third-order valence-corrected chi connectivity index (χ3v) is 3.39. The van der Waals surface area contributed by atoms with E-state index in [0.717, 1.165) is 0 Å². The van der Waals surface area contributed by atoms with E-state index in [2.05, 4.69) is 6.58 Å². The number of carbonyl (C=O) groups excluding carboxylic acids is 2. The van der Waals surface area contributed by atoms with E-state index in [-0.39, 0.29) is 5.57 Å². The molecule has 7 nitrogen and oxygen atoms in total. The molecule has 7 heteroatoms. The van der Waals surface area contributed by atoms with E-state index in [1.54, 1.807) is 13.8 Å². The Labute approximate surface area is 115 Å². The Bertz CT molecular complexity index is 483. The Hall–Kier alpha value is -1.44. The number of esters is 2. The lowest BCUT2D eigenvalue weighted by Crippen LogP contribution is -2.37. The maximum Gasteiger partial charge on any atom is 0.350 e. The SMILES string of the molecule is C=C(C)C(=O)OC1C(=O)OC2C3OC(C)(C)OC3OC12. The summed E-state index contributed by atoms with van der Waals surface area (Å²) in [5, 5.41) is 0. The Morgan fingerprint density at radius 1 is 1.25 bits per heavy atom.